The molecule has 1 fully saturated rings. The highest BCUT2D eigenvalue weighted by molar-refractivity contribution is 7.99. The Hall–Kier alpha value is 0.230. The molecule has 0 amide bonds. The zero-order valence-corrected chi connectivity index (χ0v) is 10.8. The first-order valence-electron chi connectivity index (χ1n) is 5.68. The molecular weight excluding hydrogens is 210 g/mol. The quantitative estimate of drug-likeness (QED) is 0.710. The highest BCUT2D eigenvalue weighted by atomic mass is 32.2. The average molecular weight is 233 g/mol. The molecule has 2 unspecified atom stereocenters. The summed E-state index contributed by atoms with van der Waals surface area (Å²) in [5.74, 6) is 1.32. The van der Waals surface area contributed by atoms with Crippen molar-refractivity contribution in [3.05, 3.63) is 0 Å². The number of hydrogen-bond acceptors (Lipinski definition) is 4. The normalized spacial score (nSPS) is 24.4. The molecule has 1 N–H and O–H groups in total. The van der Waals surface area contributed by atoms with Gasteiger partial charge in [-0.15, -0.1) is 0 Å². The first kappa shape index (κ1) is 13.3. The van der Waals surface area contributed by atoms with Crippen LogP contribution >= 0.6 is 11.8 Å². The molecular formula is C11H23NO2S. The summed E-state index contributed by atoms with van der Waals surface area (Å²) in [6.07, 6.45) is 3.97. The summed E-state index contributed by atoms with van der Waals surface area (Å²) in [5.41, 5.74) is 0. The fraction of sp³-hybridized carbons (Fsp3) is 1.00. The first-order chi connectivity index (χ1) is 7.27. The van der Waals surface area contributed by atoms with Gasteiger partial charge < -0.3 is 14.8 Å². The second kappa shape index (κ2) is 7.49. The van der Waals surface area contributed by atoms with Crippen LogP contribution in [0.25, 0.3) is 0 Å². The van der Waals surface area contributed by atoms with Crippen LogP contribution in [0.2, 0.25) is 0 Å². The standard InChI is InChI=1S/C11H23NO2S/c1-9(11(13-2)14-3)12-8-10-6-4-5-7-15-10/h9-12H,4-8H2,1-3H3. The first-order valence-corrected chi connectivity index (χ1v) is 6.73. The Balaban J connectivity index is 2.16. The van der Waals surface area contributed by atoms with Gasteiger partial charge in [-0.3, -0.25) is 0 Å². The van der Waals surface area contributed by atoms with E-state index in [4.69, 9.17) is 9.47 Å². The van der Waals surface area contributed by atoms with Crippen molar-refractivity contribution in [1.29, 1.82) is 0 Å². The second-order valence-corrected chi connectivity index (χ2v) is 5.43. The van der Waals surface area contributed by atoms with Gasteiger partial charge in [0.2, 0.25) is 0 Å². The number of hydrogen-bond donors (Lipinski definition) is 1. The third kappa shape index (κ3) is 4.72. The van der Waals surface area contributed by atoms with Crippen LogP contribution in [0.5, 0.6) is 0 Å². The van der Waals surface area contributed by atoms with Crippen LogP contribution in [0.3, 0.4) is 0 Å². The van der Waals surface area contributed by atoms with Gasteiger partial charge in [-0.2, -0.15) is 11.8 Å². The van der Waals surface area contributed by atoms with Crippen molar-refractivity contribution < 1.29 is 9.47 Å². The Labute approximate surface area is 97.3 Å². The fourth-order valence-electron chi connectivity index (χ4n) is 1.89. The molecule has 0 saturated carbocycles. The molecule has 90 valence electrons. The van der Waals surface area contributed by atoms with Crippen molar-refractivity contribution in [3.63, 3.8) is 0 Å². The predicted octanol–water partition coefficient (Wildman–Crippen LogP) is 1.87. The lowest BCUT2D eigenvalue weighted by molar-refractivity contribution is -0.119. The maximum absolute atomic E-state index is 5.21. The highest BCUT2D eigenvalue weighted by Gasteiger charge is 2.18. The van der Waals surface area contributed by atoms with E-state index in [0.29, 0.717) is 0 Å². The Bertz CT molecular complexity index is 159. The molecule has 15 heavy (non-hydrogen) atoms. The summed E-state index contributed by atoms with van der Waals surface area (Å²) < 4.78 is 10.4. The minimum Gasteiger partial charge on any atom is -0.354 e. The molecule has 1 rings (SSSR count). The van der Waals surface area contributed by atoms with Gasteiger partial charge in [0.05, 0.1) is 6.04 Å². The number of methoxy groups -OCH3 is 2. The summed E-state index contributed by atoms with van der Waals surface area (Å²) in [6.45, 7) is 3.17. The maximum atomic E-state index is 5.21. The summed E-state index contributed by atoms with van der Waals surface area (Å²) in [5, 5.41) is 4.26. The molecule has 1 heterocycles. The van der Waals surface area contributed by atoms with E-state index >= 15 is 0 Å². The van der Waals surface area contributed by atoms with Crippen molar-refractivity contribution in [3.8, 4) is 0 Å². The molecule has 4 heteroatoms. The number of thioether (sulfide) groups is 1. The molecule has 1 saturated heterocycles. The van der Waals surface area contributed by atoms with Gasteiger partial charge in [0.15, 0.2) is 6.29 Å². The molecule has 1 aliphatic rings. The fourth-order valence-corrected chi connectivity index (χ4v) is 3.14. The summed E-state index contributed by atoms with van der Waals surface area (Å²) in [6, 6.07) is 0.252. The zero-order valence-electron chi connectivity index (χ0n) is 9.99. The Morgan fingerprint density at radius 1 is 1.33 bits per heavy atom. The lowest BCUT2D eigenvalue weighted by atomic mass is 10.2. The molecule has 2 atom stereocenters. The van der Waals surface area contributed by atoms with E-state index in [1.807, 2.05) is 0 Å². The maximum Gasteiger partial charge on any atom is 0.171 e. The van der Waals surface area contributed by atoms with Crippen LogP contribution in [0.1, 0.15) is 26.2 Å². The van der Waals surface area contributed by atoms with Crippen molar-refractivity contribution >= 4 is 11.8 Å². The monoisotopic (exact) mass is 233 g/mol. The number of ether oxygens (including phenoxy) is 2. The topological polar surface area (TPSA) is 30.5 Å². The van der Waals surface area contributed by atoms with Gasteiger partial charge in [-0.25, -0.2) is 0 Å². The van der Waals surface area contributed by atoms with Gasteiger partial charge in [-0.1, -0.05) is 6.42 Å². The van der Waals surface area contributed by atoms with E-state index in [2.05, 4.69) is 24.0 Å². The largest absolute Gasteiger partial charge is 0.354 e. The van der Waals surface area contributed by atoms with Gasteiger partial charge in [-0.05, 0) is 25.5 Å². The Morgan fingerprint density at radius 3 is 2.60 bits per heavy atom. The van der Waals surface area contributed by atoms with Crippen LogP contribution < -0.4 is 5.32 Å². The van der Waals surface area contributed by atoms with E-state index < -0.39 is 0 Å². The van der Waals surface area contributed by atoms with Crippen molar-refractivity contribution in [2.24, 2.45) is 0 Å². The van der Waals surface area contributed by atoms with E-state index in [1.165, 1.54) is 25.0 Å². The summed E-state index contributed by atoms with van der Waals surface area (Å²) in [4.78, 5) is 0. The van der Waals surface area contributed by atoms with Crippen LogP contribution in [0.15, 0.2) is 0 Å². The molecule has 0 spiro atoms. The van der Waals surface area contributed by atoms with Crippen LogP contribution in [0.4, 0.5) is 0 Å². The Kier molecular flexibility index (Phi) is 6.64. The summed E-state index contributed by atoms with van der Waals surface area (Å²) in [7, 11) is 3.36. The molecule has 0 radical (unpaired) electrons. The third-order valence-electron chi connectivity index (χ3n) is 2.81. The smallest absolute Gasteiger partial charge is 0.171 e. The Morgan fingerprint density at radius 2 is 2.07 bits per heavy atom. The molecule has 0 bridgehead atoms. The molecule has 1 aliphatic heterocycles. The minimum absolute atomic E-state index is 0.140. The second-order valence-electron chi connectivity index (χ2n) is 4.03. The van der Waals surface area contributed by atoms with E-state index in [9.17, 15) is 0 Å². The number of rotatable bonds is 6. The lowest BCUT2D eigenvalue weighted by Gasteiger charge is -2.26. The molecule has 0 aromatic rings. The van der Waals surface area contributed by atoms with E-state index in [1.54, 1.807) is 14.2 Å². The molecule has 3 nitrogen and oxygen atoms in total. The van der Waals surface area contributed by atoms with Gasteiger partial charge >= 0.3 is 0 Å². The lowest BCUT2D eigenvalue weighted by Crippen LogP contribution is -2.42. The molecule has 0 aromatic heterocycles. The zero-order chi connectivity index (χ0) is 11.1. The van der Waals surface area contributed by atoms with Crippen molar-refractivity contribution in [2.75, 3.05) is 26.5 Å². The van der Waals surface area contributed by atoms with Crippen LogP contribution in [0, 0.1) is 0 Å². The van der Waals surface area contributed by atoms with Crippen LogP contribution in [-0.4, -0.2) is 44.1 Å². The summed E-state index contributed by atoms with van der Waals surface area (Å²) >= 11 is 2.09. The molecule has 0 aromatic carbocycles. The highest BCUT2D eigenvalue weighted by Crippen LogP contribution is 2.24. The third-order valence-corrected chi connectivity index (χ3v) is 4.21. The van der Waals surface area contributed by atoms with Gasteiger partial charge in [0.25, 0.3) is 0 Å². The van der Waals surface area contributed by atoms with Crippen molar-refractivity contribution in [1.82, 2.24) is 5.32 Å². The van der Waals surface area contributed by atoms with E-state index in [0.717, 1.165) is 11.8 Å². The van der Waals surface area contributed by atoms with Gasteiger partial charge in [0.1, 0.15) is 0 Å². The van der Waals surface area contributed by atoms with Crippen LogP contribution in [-0.2, 0) is 9.47 Å². The average Bonchev–Trinajstić information content (AvgIpc) is 2.29. The predicted molar refractivity (Wildman–Crippen MR) is 65.4 cm³/mol. The van der Waals surface area contributed by atoms with Crippen molar-refractivity contribution in [2.45, 2.75) is 43.8 Å². The minimum atomic E-state index is -0.140. The van der Waals surface area contributed by atoms with Gasteiger partial charge in [0, 0.05) is 26.0 Å². The number of nitrogens with one attached hydrogen (secondary N) is 1. The SMILES string of the molecule is COC(OC)C(C)NCC1CCCCS1. The van der Waals surface area contributed by atoms with E-state index in [-0.39, 0.29) is 12.3 Å². The molecule has 0 aliphatic carbocycles.